The van der Waals surface area contributed by atoms with Crippen LogP contribution in [-0.2, 0) is 16.6 Å². The summed E-state index contributed by atoms with van der Waals surface area (Å²) in [5.41, 5.74) is 5.89. The molecule has 1 aliphatic carbocycles. The van der Waals surface area contributed by atoms with Gasteiger partial charge in [0.15, 0.2) is 0 Å². The van der Waals surface area contributed by atoms with E-state index in [2.05, 4.69) is 34.5 Å². The molecule has 0 saturated heterocycles. The van der Waals surface area contributed by atoms with Gasteiger partial charge in [-0.3, -0.25) is 0 Å². The van der Waals surface area contributed by atoms with Crippen LogP contribution in [0.15, 0.2) is 14.7 Å². The van der Waals surface area contributed by atoms with Gasteiger partial charge in [-0.15, -0.1) is 11.3 Å². The maximum Gasteiger partial charge on any atom is 0.242 e. The molecule has 0 aromatic carbocycles. The van der Waals surface area contributed by atoms with Crippen LogP contribution < -0.4 is 10.5 Å². The minimum Gasteiger partial charge on any atom is -0.326 e. The topological polar surface area (TPSA) is 72.2 Å². The summed E-state index contributed by atoms with van der Waals surface area (Å²) in [6, 6.07) is 1.70. The first-order valence-electron chi connectivity index (χ1n) is 6.74. The van der Waals surface area contributed by atoms with Gasteiger partial charge in [0.1, 0.15) is 4.90 Å². The Morgan fingerprint density at radius 1 is 1.45 bits per heavy atom. The molecule has 1 aromatic heterocycles. The van der Waals surface area contributed by atoms with E-state index in [1.54, 1.807) is 6.07 Å². The maximum atomic E-state index is 12.4. The molecule has 20 heavy (non-hydrogen) atoms. The predicted molar refractivity (Wildman–Crippen MR) is 86.3 cm³/mol. The molecule has 0 amide bonds. The SMILES string of the molecule is CC1(C)CCC(NS(=O)(=O)c2cc(CN)sc2Br)CC1. The van der Waals surface area contributed by atoms with E-state index in [4.69, 9.17) is 5.73 Å². The molecule has 4 nitrogen and oxygen atoms in total. The summed E-state index contributed by atoms with van der Waals surface area (Å²) in [5.74, 6) is 0. The van der Waals surface area contributed by atoms with Crippen molar-refractivity contribution in [3.63, 3.8) is 0 Å². The van der Waals surface area contributed by atoms with E-state index in [1.807, 2.05) is 0 Å². The second-order valence-corrected chi connectivity index (χ2v) is 10.3. The van der Waals surface area contributed by atoms with E-state index in [0.29, 0.717) is 20.6 Å². The van der Waals surface area contributed by atoms with Crippen LogP contribution in [0.25, 0.3) is 0 Å². The molecule has 0 aliphatic heterocycles. The molecule has 3 N–H and O–H groups in total. The Bertz CT molecular complexity index is 571. The Kier molecular flexibility index (Phi) is 4.96. The lowest BCUT2D eigenvalue weighted by Gasteiger charge is -2.34. The lowest BCUT2D eigenvalue weighted by atomic mass is 9.76. The second kappa shape index (κ2) is 6.04. The monoisotopic (exact) mass is 380 g/mol. The van der Waals surface area contributed by atoms with Crippen LogP contribution in [0.3, 0.4) is 0 Å². The molecule has 1 aliphatic rings. The number of thiophene rings is 1. The van der Waals surface area contributed by atoms with Gasteiger partial charge in [-0.1, -0.05) is 13.8 Å². The standard InChI is InChI=1S/C13H21BrN2O2S2/c1-13(2)5-3-9(4-6-13)16-20(17,18)11-7-10(8-15)19-12(11)14/h7,9,16H,3-6,8,15H2,1-2H3. The van der Waals surface area contributed by atoms with E-state index < -0.39 is 10.0 Å². The highest BCUT2D eigenvalue weighted by Crippen LogP contribution is 2.36. The number of halogens is 1. The van der Waals surface area contributed by atoms with Gasteiger partial charge in [0.2, 0.25) is 10.0 Å². The van der Waals surface area contributed by atoms with Crippen LogP contribution in [-0.4, -0.2) is 14.5 Å². The van der Waals surface area contributed by atoms with Gasteiger partial charge in [-0.25, -0.2) is 13.1 Å². The highest BCUT2D eigenvalue weighted by molar-refractivity contribution is 9.11. The average Bonchev–Trinajstić information content (AvgIpc) is 2.74. The Morgan fingerprint density at radius 3 is 2.55 bits per heavy atom. The molecule has 0 spiro atoms. The molecule has 0 bridgehead atoms. The first kappa shape index (κ1) is 16.4. The number of hydrogen-bond donors (Lipinski definition) is 2. The first-order valence-corrected chi connectivity index (χ1v) is 9.83. The molecule has 2 rings (SSSR count). The van der Waals surface area contributed by atoms with Gasteiger partial charge in [-0.05, 0) is 53.1 Å². The number of hydrogen-bond acceptors (Lipinski definition) is 4. The van der Waals surface area contributed by atoms with E-state index in [1.165, 1.54) is 11.3 Å². The fourth-order valence-electron chi connectivity index (χ4n) is 2.48. The lowest BCUT2D eigenvalue weighted by molar-refractivity contribution is 0.218. The summed E-state index contributed by atoms with van der Waals surface area (Å²) in [6.45, 7) is 4.83. The molecule has 0 radical (unpaired) electrons. The molecule has 1 fully saturated rings. The largest absolute Gasteiger partial charge is 0.326 e. The van der Waals surface area contributed by atoms with Gasteiger partial charge >= 0.3 is 0 Å². The summed E-state index contributed by atoms with van der Waals surface area (Å²) in [5, 5.41) is 0. The van der Waals surface area contributed by atoms with Gasteiger partial charge in [0.25, 0.3) is 0 Å². The predicted octanol–water partition coefficient (Wildman–Crippen LogP) is 3.22. The minimum atomic E-state index is -3.46. The van der Waals surface area contributed by atoms with Crippen LogP contribution in [0, 0.1) is 5.41 Å². The summed E-state index contributed by atoms with van der Waals surface area (Å²) in [4.78, 5) is 1.18. The molecule has 0 atom stereocenters. The Hall–Kier alpha value is 0.0500. The van der Waals surface area contributed by atoms with Crippen molar-refractivity contribution < 1.29 is 8.42 Å². The third kappa shape index (κ3) is 3.82. The van der Waals surface area contributed by atoms with Crippen LogP contribution in [0.1, 0.15) is 44.4 Å². The minimum absolute atomic E-state index is 0.0427. The molecule has 1 aromatic rings. The smallest absolute Gasteiger partial charge is 0.242 e. The average molecular weight is 381 g/mol. The molecule has 1 saturated carbocycles. The first-order chi connectivity index (χ1) is 9.23. The van der Waals surface area contributed by atoms with Crippen LogP contribution in [0.5, 0.6) is 0 Å². The zero-order valence-corrected chi connectivity index (χ0v) is 15.0. The van der Waals surface area contributed by atoms with E-state index in [-0.39, 0.29) is 6.04 Å². The van der Waals surface area contributed by atoms with Crippen LogP contribution >= 0.6 is 27.3 Å². The molecule has 7 heteroatoms. The van der Waals surface area contributed by atoms with Crippen LogP contribution in [0.4, 0.5) is 0 Å². The number of nitrogens with two attached hydrogens (primary N) is 1. The fraction of sp³-hybridized carbons (Fsp3) is 0.692. The zero-order chi connectivity index (χ0) is 15.0. The lowest BCUT2D eigenvalue weighted by Crippen LogP contribution is -2.39. The normalized spacial score (nSPS) is 20.2. The molecule has 114 valence electrons. The second-order valence-electron chi connectivity index (χ2n) is 6.11. The van der Waals surface area contributed by atoms with E-state index in [0.717, 1.165) is 30.6 Å². The number of nitrogens with one attached hydrogen (secondary N) is 1. The summed E-state index contributed by atoms with van der Waals surface area (Å²) < 4.78 is 28.3. The Labute approximate surface area is 133 Å². The van der Waals surface area contributed by atoms with Crippen molar-refractivity contribution in [2.24, 2.45) is 11.1 Å². The van der Waals surface area contributed by atoms with Crippen molar-refractivity contribution >= 4 is 37.3 Å². The van der Waals surface area contributed by atoms with Gasteiger partial charge in [0.05, 0.1) is 3.79 Å². The summed E-state index contributed by atoms with van der Waals surface area (Å²) in [6.07, 6.45) is 3.91. The maximum absolute atomic E-state index is 12.4. The fourth-order valence-corrected chi connectivity index (χ4v) is 6.35. The van der Waals surface area contributed by atoms with Crippen molar-refractivity contribution in [2.45, 2.75) is 57.0 Å². The van der Waals surface area contributed by atoms with Gasteiger partial charge in [0, 0.05) is 17.5 Å². The zero-order valence-electron chi connectivity index (χ0n) is 11.8. The highest BCUT2D eigenvalue weighted by atomic mass is 79.9. The molecular formula is C13H21BrN2O2S2. The van der Waals surface area contributed by atoms with E-state index >= 15 is 0 Å². The quantitative estimate of drug-likeness (QED) is 0.841. The van der Waals surface area contributed by atoms with Crippen molar-refractivity contribution in [3.05, 3.63) is 14.7 Å². The molecule has 1 heterocycles. The van der Waals surface area contributed by atoms with E-state index in [9.17, 15) is 8.42 Å². The van der Waals surface area contributed by atoms with Crippen molar-refractivity contribution in [3.8, 4) is 0 Å². The number of rotatable bonds is 4. The summed E-state index contributed by atoms with van der Waals surface area (Å²) >= 11 is 4.70. The number of sulfonamides is 1. The van der Waals surface area contributed by atoms with Crippen LogP contribution in [0.2, 0.25) is 0 Å². The Balaban J connectivity index is 2.10. The van der Waals surface area contributed by atoms with Gasteiger partial charge in [-0.2, -0.15) is 0 Å². The summed E-state index contributed by atoms with van der Waals surface area (Å²) in [7, 11) is -3.46. The van der Waals surface area contributed by atoms with Gasteiger partial charge < -0.3 is 5.73 Å². The highest BCUT2D eigenvalue weighted by Gasteiger charge is 2.30. The van der Waals surface area contributed by atoms with Crippen molar-refractivity contribution in [2.75, 3.05) is 0 Å². The molecule has 0 unspecified atom stereocenters. The Morgan fingerprint density at radius 2 is 2.05 bits per heavy atom. The van der Waals surface area contributed by atoms with Crippen molar-refractivity contribution in [1.82, 2.24) is 4.72 Å². The third-order valence-corrected chi connectivity index (χ3v) is 7.65. The third-order valence-electron chi connectivity index (χ3n) is 3.86. The van der Waals surface area contributed by atoms with Crippen molar-refractivity contribution in [1.29, 1.82) is 0 Å². The molecular weight excluding hydrogens is 360 g/mol.